The van der Waals surface area contributed by atoms with Gasteiger partial charge in [0.25, 0.3) is 11.8 Å². The molecule has 0 aliphatic rings. The van der Waals surface area contributed by atoms with Crippen molar-refractivity contribution in [3.63, 3.8) is 0 Å². The van der Waals surface area contributed by atoms with E-state index in [1.54, 1.807) is 6.07 Å². The molecule has 0 saturated heterocycles. The summed E-state index contributed by atoms with van der Waals surface area (Å²) in [5.41, 5.74) is 2.81. The number of esters is 1. The van der Waals surface area contributed by atoms with Crippen LogP contribution in [-0.2, 0) is 27.2 Å². The quantitative estimate of drug-likeness (QED) is 0.695. The van der Waals surface area contributed by atoms with Gasteiger partial charge in [0.2, 0.25) is 0 Å². The standard InChI is InChI=1S/C20H24N2O5/c1-4-14-8-6-9-15(5-2)18(14)22-17(23)12-27-20(25)13(3)21-19(24)16-10-7-11-26-16/h6-11,13H,4-5,12H2,1-3H3,(H,21,24)(H,22,23)/t13-/m0/s1. The van der Waals surface area contributed by atoms with Crippen LogP contribution in [0.15, 0.2) is 41.0 Å². The van der Waals surface area contributed by atoms with Crippen LogP contribution in [0, 0.1) is 0 Å². The molecule has 0 aliphatic carbocycles. The van der Waals surface area contributed by atoms with E-state index < -0.39 is 30.4 Å². The van der Waals surface area contributed by atoms with Crippen LogP contribution in [0.2, 0.25) is 0 Å². The van der Waals surface area contributed by atoms with Gasteiger partial charge in [-0.2, -0.15) is 0 Å². The molecule has 0 fully saturated rings. The molecule has 0 bridgehead atoms. The van der Waals surface area contributed by atoms with Crippen LogP contribution >= 0.6 is 0 Å². The zero-order valence-corrected chi connectivity index (χ0v) is 15.7. The van der Waals surface area contributed by atoms with Gasteiger partial charge >= 0.3 is 5.97 Å². The lowest BCUT2D eigenvalue weighted by molar-refractivity contribution is -0.148. The Kier molecular flexibility index (Phi) is 7.16. The first-order valence-electron chi connectivity index (χ1n) is 8.87. The summed E-state index contributed by atoms with van der Waals surface area (Å²) in [5.74, 6) is -1.57. The molecule has 0 radical (unpaired) electrons. The molecule has 2 amide bonds. The van der Waals surface area contributed by atoms with Gasteiger partial charge in [-0.05, 0) is 43.0 Å². The summed E-state index contributed by atoms with van der Waals surface area (Å²) in [4.78, 5) is 36.0. The number of aryl methyl sites for hydroxylation is 2. The average Bonchev–Trinajstić information content (AvgIpc) is 3.21. The van der Waals surface area contributed by atoms with Gasteiger partial charge in [0.1, 0.15) is 6.04 Å². The maximum absolute atomic E-state index is 12.2. The third-order valence-corrected chi connectivity index (χ3v) is 4.05. The van der Waals surface area contributed by atoms with Crippen molar-refractivity contribution in [2.75, 3.05) is 11.9 Å². The van der Waals surface area contributed by atoms with Gasteiger partial charge in [0.05, 0.1) is 6.26 Å². The van der Waals surface area contributed by atoms with Crippen LogP contribution in [0.1, 0.15) is 42.5 Å². The van der Waals surface area contributed by atoms with E-state index in [2.05, 4.69) is 10.6 Å². The van der Waals surface area contributed by atoms with E-state index in [4.69, 9.17) is 9.15 Å². The number of hydrogen-bond donors (Lipinski definition) is 2. The van der Waals surface area contributed by atoms with Gasteiger partial charge in [-0.3, -0.25) is 9.59 Å². The highest BCUT2D eigenvalue weighted by Gasteiger charge is 2.20. The minimum atomic E-state index is -0.912. The molecule has 1 atom stereocenters. The van der Waals surface area contributed by atoms with E-state index in [0.29, 0.717) is 0 Å². The van der Waals surface area contributed by atoms with E-state index in [-0.39, 0.29) is 5.76 Å². The fourth-order valence-corrected chi connectivity index (χ4v) is 2.57. The third-order valence-electron chi connectivity index (χ3n) is 4.05. The van der Waals surface area contributed by atoms with Crippen LogP contribution in [0.5, 0.6) is 0 Å². The summed E-state index contributed by atoms with van der Waals surface area (Å²) in [6.45, 7) is 5.06. The summed E-state index contributed by atoms with van der Waals surface area (Å²) >= 11 is 0. The van der Waals surface area contributed by atoms with Crippen molar-refractivity contribution in [2.24, 2.45) is 0 Å². The number of para-hydroxylation sites is 1. The van der Waals surface area contributed by atoms with E-state index in [1.807, 2.05) is 32.0 Å². The van der Waals surface area contributed by atoms with Crippen LogP contribution in [-0.4, -0.2) is 30.4 Å². The monoisotopic (exact) mass is 372 g/mol. The number of hydrogen-bond acceptors (Lipinski definition) is 5. The minimum Gasteiger partial charge on any atom is -0.459 e. The molecule has 7 nitrogen and oxygen atoms in total. The molecule has 7 heteroatoms. The Morgan fingerprint density at radius 3 is 2.30 bits per heavy atom. The maximum Gasteiger partial charge on any atom is 0.328 e. The number of amides is 2. The number of furan rings is 1. The molecule has 0 unspecified atom stereocenters. The predicted molar refractivity (Wildman–Crippen MR) is 100 cm³/mol. The van der Waals surface area contributed by atoms with Crippen LogP contribution in [0.3, 0.4) is 0 Å². The van der Waals surface area contributed by atoms with E-state index in [9.17, 15) is 14.4 Å². The molecule has 2 N–H and O–H groups in total. The summed E-state index contributed by atoms with van der Waals surface area (Å²) in [7, 11) is 0. The Labute approximate surface area is 158 Å². The van der Waals surface area contributed by atoms with Crippen molar-refractivity contribution in [3.05, 3.63) is 53.5 Å². The first kappa shape index (κ1) is 20.2. The smallest absolute Gasteiger partial charge is 0.328 e. The number of benzene rings is 1. The highest BCUT2D eigenvalue weighted by atomic mass is 16.5. The van der Waals surface area contributed by atoms with Gasteiger partial charge in [-0.1, -0.05) is 32.0 Å². The highest BCUT2D eigenvalue weighted by molar-refractivity contribution is 5.96. The molecule has 0 spiro atoms. The second-order valence-electron chi connectivity index (χ2n) is 5.99. The summed E-state index contributed by atoms with van der Waals surface area (Å²) in [5, 5.41) is 5.27. The fraction of sp³-hybridized carbons (Fsp3) is 0.350. The fourth-order valence-electron chi connectivity index (χ4n) is 2.57. The van der Waals surface area contributed by atoms with Gasteiger partial charge < -0.3 is 19.8 Å². The second-order valence-corrected chi connectivity index (χ2v) is 5.99. The van der Waals surface area contributed by atoms with Crippen molar-refractivity contribution in [3.8, 4) is 0 Å². The first-order chi connectivity index (χ1) is 13.0. The molecule has 1 heterocycles. The normalized spacial score (nSPS) is 11.5. The number of rotatable bonds is 8. The highest BCUT2D eigenvalue weighted by Crippen LogP contribution is 2.22. The number of carbonyl (C=O) groups excluding carboxylic acids is 3. The lowest BCUT2D eigenvalue weighted by atomic mass is 10.0. The van der Waals surface area contributed by atoms with Crippen LogP contribution < -0.4 is 10.6 Å². The minimum absolute atomic E-state index is 0.0932. The largest absolute Gasteiger partial charge is 0.459 e. The van der Waals surface area contributed by atoms with E-state index in [0.717, 1.165) is 29.7 Å². The van der Waals surface area contributed by atoms with Gasteiger partial charge in [-0.15, -0.1) is 0 Å². The molecule has 27 heavy (non-hydrogen) atoms. The molecule has 0 aliphatic heterocycles. The third kappa shape index (κ3) is 5.44. The van der Waals surface area contributed by atoms with Gasteiger partial charge in [0.15, 0.2) is 12.4 Å². The molecule has 1 aromatic carbocycles. The van der Waals surface area contributed by atoms with Crippen molar-refractivity contribution < 1.29 is 23.5 Å². The SMILES string of the molecule is CCc1cccc(CC)c1NC(=O)COC(=O)[C@H](C)NC(=O)c1ccco1. The summed E-state index contributed by atoms with van der Waals surface area (Å²) in [6.07, 6.45) is 2.92. The summed E-state index contributed by atoms with van der Waals surface area (Å²) < 4.78 is 9.96. The molecule has 1 aromatic heterocycles. The number of carbonyl (C=O) groups is 3. The van der Waals surface area contributed by atoms with E-state index in [1.165, 1.54) is 19.3 Å². The topological polar surface area (TPSA) is 97.6 Å². The van der Waals surface area contributed by atoms with Gasteiger partial charge in [-0.25, -0.2) is 4.79 Å². The molecular weight excluding hydrogens is 348 g/mol. The van der Waals surface area contributed by atoms with Crippen molar-refractivity contribution in [1.82, 2.24) is 5.32 Å². The van der Waals surface area contributed by atoms with Crippen LogP contribution in [0.25, 0.3) is 0 Å². The zero-order valence-electron chi connectivity index (χ0n) is 15.7. The Morgan fingerprint density at radius 2 is 1.74 bits per heavy atom. The van der Waals surface area contributed by atoms with Crippen LogP contribution in [0.4, 0.5) is 5.69 Å². The summed E-state index contributed by atoms with van der Waals surface area (Å²) in [6, 6.07) is 8.00. The van der Waals surface area contributed by atoms with Gasteiger partial charge in [0, 0.05) is 5.69 Å². The Bertz CT molecular complexity index is 776. The lowest BCUT2D eigenvalue weighted by Crippen LogP contribution is -2.40. The molecule has 144 valence electrons. The lowest BCUT2D eigenvalue weighted by Gasteiger charge is -2.15. The van der Waals surface area contributed by atoms with Crippen molar-refractivity contribution in [1.29, 1.82) is 0 Å². The molecule has 2 rings (SSSR count). The van der Waals surface area contributed by atoms with E-state index >= 15 is 0 Å². The Morgan fingerprint density at radius 1 is 1.07 bits per heavy atom. The molecule has 2 aromatic rings. The molecular formula is C20H24N2O5. The average molecular weight is 372 g/mol. The number of ether oxygens (including phenoxy) is 1. The molecule has 0 saturated carbocycles. The first-order valence-corrected chi connectivity index (χ1v) is 8.87. The Balaban J connectivity index is 1.88. The Hall–Kier alpha value is -3.09. The van der Waals surface area contributed by atoms with Crippen molar-refractivity contribution in [2.45, 2.75) is 39.7 Å². The number of nitrogens with one attached hydrogen (secondary N) is 2. The maximum atomic E-state index is 12.2. The number of anilines is 1. The second kappa shape index (κ2) is 9.56. The van der Waals surface area contributed by atoms with Crippen molar-refractivity contribution >= 4 is 23.5 Å². The zero-order chi connectivity index (χ0) is 19.8. The predicted octanol–water partition coefficient (Wildman–Crippen LogP) is 2.70.